The second kappa shape index (κ2) is 6.16. The van der Waals surface area contributed by atoms with Crippen LogP contribution in [0.3, 0.4) is 0 Å². The number of aromatic nitrogens is 2. The number of nitro benzene ring substituents is 1. The molecule has 1 N–H and O–H groups in total. The Kier molecular flexibility index (Phi) is 4.04. The predicted octanol–water partition coefficient (Wildman–Crippen LogP) is 4.16. The molecule has 0 saturated heterocycles. The first-order valence-electron chi connectivity index (χ1n) is 7.63. The van der Waals surface area contributed by atoms with Gasteiger partial charge in [0.25, 0.3) is 5.69 Å². The number of nitrogens with zero attached hydrogens (tertiary/aromatic N) is 3. The van der Waals surface area contributed by atoms with Gasteiger partial charge in [-0.3, -0.25) is 14.8 Å². The highest BCUT2D eigenvalue weighted by Gasteiger charge is 2.20. The highest BCUT2D eigenvalue weighted by atomic mass is 16.6. The summed E-state index contributed by atoms with van der Waals surface area (Å²) in [7, 11) is 0. The molecular formula is C18H17N3O3. The molecule has 0 aliphatic rings. The van der Waals surface area contributed by atoms with E-state index < -0.39 is 4.92 Å². The smallest absolute Gasteiger partial charge is 0.269 e. The second-order valence-electron chi connectivity index (χ2n) is 5.45. The van der Waals surface area contributed by atoms with E-state index in [0.29, 0.717) is 12.1 Å². The number of phenolic OH excluding ortho intramolecular Hbond substituents is 1. The Morgan fingerprint density at radius 1 is 1.17 bits per heavy atom. The maximum absolute atomic E-state index is 10.9. The first-order chi connectivity index (χ1) is 11.5. The van der Waals surface area contributed by atoms with Crippen LogP contribution in [-0.2, 0) is 6.54 Å². The van der Waals surface area contributed by atoms with Crippen molar-refractivity contribution in [2.45, 2.75) is 20.4 Å². The number of nitro groups is 1. The Hall–Kier alpha value is -3.15. The summed E-state index contributed by atoms with van der Waals surface area (Å²) < 4.78 is 1.85. The van der Waals surface area contributed by atoms with Crippen molar-refractivity contribution >= 4 is 5.69 Å². The molecule has 3 aromatic rings. The third-order valence-corrected chi connectivity index (χ3v) is 3.95. The zero-order valence-electron chi connectivity index (χ0n) is 13.4. The molecule has 6 nitrogen and oxygen atoms in total. The fourth-order valence-electron chi connectivity index (χ4n) is 2.85. The van der Waals surface area contributed by atoms with E-state index in [0.717, 1.165) is 22.5 Å². The highest BCUT2D eigenvalue weighted by Crippen LogP contribution is 2.39. The Labute approximate surface area is 139 Å². The van der Waals surface area contributed by atoms with E-state index >= 15 is 0 Å². The third kappa shape index (κ3) is 2.62. The van der Waals surface area contributed by atoms with Crippen LogP contribution >= 0.6 is 0 Å². The van der Waals surface area contributed by atoms with Crippen molar-refractivity contribution in [1.82, 2.24) is 9.78 Å². The molecule has 0 fully saturated rings. The minimum absolute atomic E-state index is 0.0437. The van der Waals surface area contributed by atoms with Crippen LogP contribution in [0.5, 0.6) is 5.75 Å². The maximum Gasteiger partial charge on any atom is 0.269 e. The number of hydrogen-bond acceptors (Lipinski definition) is 4. The minimum atomic E-state index is -0.421. The highest BCUT2D eigenvalue weighted by molar-refractivity contribution is 5.85. The quantitative estimate of drug-likeness (QED) is 0.577. The van der Waals surface area contributed by atoms with Crippen LogP contribution < -0.4 is 0 Å². The molecule has 0 amide bonds. The molecule has 2 aromatic carbocycles. The largest absolute Gasteiger partial charge is 0.507 e. The summed E-state index contributed by atoms with van der Waals surface area (Å²) in [5.41, 5.74) is 4.04. The summed E-state index contributed by atoms with van der Waals surface area (Å²) in [6.45, 7) is 4.53. The second-order valence-corrected chi connectivity index (χ2v) is 5.45. The standard InChI is InChI=1S/C18H17N3O3/c1-3-20-18(13-8-10-14(11-9-13)21(23)24)17(12(2)19-20)15-6-4-5-7-16(15)22/h4-11,22H,3H2,1-2H3. The summed E-state index contributed by atoms with van der Waals surface area (Å²) in [5, 5.41) is 25.6. The average molecular weight is 323 g/mol. The van der Waals surface area contributed by atoms with E-state index in [2.05, 4.69) is 5.10 Å². The summed E-state index contributed by atoms with van der Waals surface area (Å²) in [4.78, 5) is 10.4. The van der Waals surface area contributed by atoms with Crippen LogP contribution in [0.4, 0.5) is 5.69 Å². The minimum Gasteiger partial charge on any atom is -0.507 e. The van der Waals surface area contributed by atoms with Gasteiger partial charge in [0, 0.05) is 35.4 Å². The SMILES string of the molecule is CCn1nc(C)c(-c2ccccc2O)c1-c1ccc([N+](=O)[O-])cc1. The van der Waals surface area contributed by atoms with E-state index in [9.17, 15) is 15.2 Å². The monoisotopic (exact) mass is 323 g/mol. The maximum atomic E-state index is 10.9. The van der Waals surface area contributed by atoms with Crippen LogP contribution in [0.2, 0.25) is 0 Å². The fraction of sp³-hybridized carbons (Fsp3) is 0.167. The number of hydrogen-bond donors (Lipinski definition) is 1. The van der Waals surface area contributed by atoms with Gasteiger partial charge in [-0.15, -0.1) is 0 Å². The zero-order chi connectivity index (χ0) is 17.3. The van der Waals surface area contributed by atoms with Gasteiger partial charge < -0.3 is 5.11 Å². The molecule has 0 spiro atoms. The lowest BCUT2D eigenvalue weighted by Gasteiger charge is -2.10. The van der Waals surface area contributed by atoms with Gasteiger partial charge in [-0.1, -0.05) is 18.2 Å². The normalized spacial score (nSPS) is 10.8. The molecule has 1 aromatic heterocycles. The lowest BCUT2D eigenvalue weighted by molar-refractivity contribution is -0.384. The van der Waals surface area contributed by atoms with Crippen LogP contribution in [0.25, 0.3) is 22.4 Å². The fourth-order valence-corrected chi connectivity index (χ4v) is 2.85. The molecule has 0 aliphatic heterocycles. The number of para-hydroxylation sites is 1. The first kappa shape index (κ1) is 15.7. The van der Waals surface area contributed by atoms with Gasteiger partial charge in [0.05, 0.1) is 16.3 Å². The number of aromatic hydroxyl groups is 1. The van der Waals surface area contributed by atoms with Gasteiger partial charge >= 0.3 is 0 Å². The topological polar surface area (TPSA) is 81.2 Å². The van der Waals surface area contributed by atoms with E-state index in [-0.39, 0.29) is 11.4 Å². The van der Waals surface area contributed by atoms with E-state index in [1.807, 2.05) is 30.7 Å². The first-order valence-corrected chi connectivity index (χ1v) is 7.63. The van der Waals surface area contributed by atoms with Crippen LogP contribution in [-0.4, -0.2) is 19.8 Å². The van der Waals surface area contributed by atoms with Gasteiger partial charge in [-0.2, -0.15) is 5.10 Å². The number of benzene rings is 2. The Morgan fingerprint density at radius 2 is 1.83 bits per heavy atom. The zero-order valence-corrected chi connectivity index (χ0v) is 13.4. The number of aryl methyl sites for hydroxylation is 2. The van der Waals surface area contributed by atoms with Gasteiger partial charge in [-0.25, -0.2) is 0 Å². The molecule has 1 heterocycles. The molecule has 0 aliphatic carbocycles. The molecule has 122 valence electrons. The van der Waals surface area contributed by atoms with Crippen molar-refractivity contribution < 1.29 is 10.0 Å². The lowest BCUT2D eigenvalue weighted by atomic mass is 9.98. The van der Waals surface area contributed by atoms with Crippen LogP contribution in [0, 0.1) is 17.0 Å². The Morgan fingerprint density at radius 3 is 2.42 bits per heavy atom. The van der Waals surface area contributed by atoms with Gasteiger partial charge in [0.1, 0.15) is 5.75 Å². The molecule has 0 atom stereocenters. The van der Waals surface area contributed by atoms with Crippen molar-refractivity contribution in [2.75, 3.05) is 0 Å². The number of rotatable bonds is 4. The van der Waals surface area contributed by atoms with E-state index in [1.54, 1.807) is 24.3 Å². The van der Waals surface area contributed by atoms with Gasteiger partial charge in [0.2, 0.25) is 0 Å². The number of phenols is 1. The van der Waals surface area contributed by atoms with Gasteiger partial charge in [-0.05, 0) is 32.0 Å². The molecule has 0 unspecified atom stereocenters. The van der Waals surface area contributed by atoms with Crippen molar-refractivity contribution in [1.29, 1.82) is 0 Å². The van der Waals surface area contributed by atoms with E-state index in [4.69, 9.17) is 0 Å². The average Bonchev–Trinajstić information content (AvgIpc) is 2.91. The van der Waals surface area contributed by atoms with Crippen molar-refractivity contribution in [3.63, 3.8) is 0 Å². The molecule has 6 heteroatoms. The van der Waals surface area contributed by atoms with Gasteiger partial charge in [0.15, 0.2) is 0 Å². The van der Waals surface area contributed by atoms with Crippen molar-refractivity contribution in [3.05, 3.63) is 64.3 Å². The summed E-state index contributed by atoms with van der Waals surface area (Å²) in [5.74, 6) is 0.180. The van der Waals surface area contributed by atoms with Crippen LogP contribution in [0.1, 0.15) is 12.6 Å². The third-order valence-electron chi connectivity index (χ3n) is 3.95. The summed E-state index contributed by atoms with van der Waals surface area (Å²) >= 11 is 0. The molecule has 24 heavy (non-hydrogen) atoms. The summed E-state index contributed by atoms with van der Waals surface area (Å²) in [6.07, 6.45) is 0. The number of non-ortho nitro benzene ring substituents is 1. The summed E-state index contributed by atoms with van der Waals surface area (Å²) in [6, 6.07) is 13.5. The molecule has 0 bridgehead atoms. The molecule has 0 saturated carbocycles. The van der Waals surface area contributed by atoms with Crippen LogP contribution in [0.15, 0.2) is 48.5 Å². The van der Waals surface area contributed by atoms with Crippen molar-refractivity contribution in [2.24, 2.45) is 0 Å². The Bertz CT molecular complexity index is 898. The Balaban J connectivity index is 2.23. The van der Waals surface area contributed by atoms with Crippen molar-refractivity contribution in [3.8, 4) is 28.1 Å². The predicted molar refractivity (Wildman–Crippen MR) is 91.8 cm³/mol. The molecule has 3 rings (SSSR count). The molecule has 0 radical (unpaired) electrons. The lowest BCUT2D eigenvalue weighted by Crippen LogP contribution is -1.99. The molecular weight excluding hydrogens is 306 g/mol. The van der Waals surface area contributed by atoms with E-state index in [1.165, 1.54) is 12.1 Å².